The fraction of sp³-hybridized carbons (Fsp3) is 0.600. The Bertz CT molecular complexity index is 597. The van der Waals surface area contributed by atoms with Crippen LogP contribution in [0.25, 0.3) is 0 Å². The summed E-state index contributed by atoms with van der Waals surface area (Å²) in [5.41, 5.74) is 1.81. The van der Waals surface area contributed by atoms with Crippen LogP contribution in [-0.2, 0) is 4.79 Å². The highest BCUT2D eigenvalue weighted by atomic mass is 32.2. The Morgan fingerprint density at radius 2 is 2.00 bits per heavy atom. The van der Waals surface area contributed by atoms with E-state index < -0.39 is 0 Å². The quantitative estimate of drug-likeness (QED) is 0.733. The van der Waals surface area contributed by atoms with Crippen molar-refractivity contribution in [3.8, 4) is 0 Å². The lowest BCUT2D eigenvalue weighted by Gasteiger charge is -2.15. The molecule has 1 saturated carbocycles. The number of benzene rings is 1. The zero-order valence-electron chi connectivity index (χ0n) is 15.6. The standard InChI is InChI=1S/C20H30N2O2S/c1-4-15(3)22-19(23)11-12-21-20(24)17-13-14(2)9-10-18(17)25-16-7-5-6-8-16/h9-10,13,15-16H,4-8,11-12H2,1-3H3,(H,21,24)(H,22,23)/t15-/m0/s1. The first kappa shape index (κ1) is 19.8. The lowest BCUT2D eigenvalue weighted by molar-refractivity contribution is -0.121. The predicted molar refractivity (Wildman–Crippen MR) is 104 cm³/mol. The molecule has 0 aliphatic heterocycles. The van der Waals surface area contributed by atoms with Crippen molar-refractivity contribution >= 4 is 23.6 Å². The van der Waals surface area contributed by atoms with Gasteiger partial charge in [0.25, 0.3) is 5.91 Å². The summed E-state index contributed by atoms with van der Waals surface area (Å²) in [6, 6.07) is 6.25. The van der Waals surface area contributed by atoms with Crippen LogP contribution in [0.2, 0.25) is 0 Å². The van der Waals surface area contributed by atoms with Gasteiger partial charge in [-0.05, 0) is 45.2 Å². The molecular formula is C20H30N2O2S. The van der Waals surface area contributed by atoms with Gasteiger partial charge in [-0.25, -0.2) is 0 Å². The van der Waals surface area contributed by atoms with E-state index in [-0.39, 0.29) is 17.9 Å². The Hall–Kier alpha value is -1.49. The van der Waals surface area contributed by atoms with Gasteiger partial charge in [0.15, 0.2) is 0 Å². The van der Waals surface area contributed by atoms with Gasteiger partial charge in [0.1, 0.15) is 0 Å². The van der Waals surface area contributed by atoms with Gasteiger partial charge in [-0.3, -0.25) is 9.59 Å². The highest BCUT2D eigenvalue weighted by molar-refractivity contribution is 8.00. The maximum absolute atomic E-state index is 12.6. The number of amides is 2. The number of nitrogens with one attached hydrogen (secondary N) is 2. The Morgan fingerprint density at radius 1 is 1.28 bits per heavy atom. The Balaban J connectivity index is 1.91. The molecule has 4 nitrogen and oxygen atoms in total. The molecule has 1 aliphatic rings. The Kier molecular flexibility index (Phi) is 7.82. The molecule has 25 heavy (non-hydrogen) atoms. The summed E-state index contributed by atoms with van der Waals surface area (Å²) in [4.78, 5) is 25.5. The maximum Gasteiger partial charge on any atom is 0.252 e. The van der Waals surface area contributed by atoms with Crippen molar-refractivity contribution in [3.63, 3.8) is 0 Å². The van der Waals surface area contributed by atoms with Gasteiger partial charge in [0.2, 0.25) is 5.91 Å². The van der Waals surface area contributed by atoms with Gasteiger partial charge in [0, 0.05) is 29.2 Å². The molecule has 1 aromatic carbocycles. The first-order valence-electron chi connectivity index (χ1n) is 9.34. The van der Waals surface area contributed by atoms with Crippen molar-refractivity contribution in [3.05, 3.63) is 29.3 Å². The van der Waals surface area contributed by atoms with Crippen LogP contribution in [0.15, 0.2) is 23.1 Å². The summed E-state index contributed by atoms with van der Waals surface area (Å²) in [5, 5.41) is 6.44. The molecule has 138 valence electrons. The zero-order valence-corrected chi connectivity index (χ0v) is 16.4. The number of aryl methyl sites for hydroxylation is 1. The van der Waals surface area contributed by atoms with Crippen LogP contribution in [-0.4, -0.2) is 29.7 Å². The van der Waals surface area contributed by atoms with Crippen LogP contribution in [0.3, 0.4) is 0 Å². The third-order valence-corrected chi connectivity index (χ3v) is 6.05. The number of hydrogen-bond acceptors (Lipinski definition) is 3. The monoisotopic (exact) mass is 362 g/mol. The van der Waals surface area contributed by atoms with Crippen LogP contribution in [0, 0.1) is 6.92 Å². The van der Waals surface area contributed by atoms with E-state index >= 15 is 0 Å². The fourth-order valence-electron chi connectivity index (χ4n) is 2.94. The van der Waals surface area contributed by atoms with Crippen molar-refractivity contribution < 1.29 is 9.59 Å². The minimum Gasteiger partial charge on any atom is -0.354 e. The number of hydrogen-bond donors (Lipinski definition) is 2. The topological polar surface area (TPSA) is 58.2 Å². The van der Waals surface area contributed by atoms with Crippen LogP contribution in [0.4, 0.5) is 0 Å². The zero-order chi connectivity index (χ0) is 18.2. The van der Waals surface area contributed by atoms with Gasteiger partial charge in [0.05, 0.1) is 5.56 Å². The molecule has 0 spiro atoms. The van der Waals surface area contributed by atoms with E-state index in [1.165, 1.54) is 25.7 Å². The van der Waals surface area contributed by atoms with Crippen molar-refractivity contribution in [1.29, 1.82) is 0 Å². The number of rotatable bonds is 8. The van der Waals surface area contributed by atoms with Crippen LogP contribution < -0.4 is 10.6 Å². The first-order valence-corrected chi connectivity index (χ1v) is 10.2. The lowest BCUT2D eigenvalue weighted by Crippen LogP contribution is -2.35. The largest absolute Gasteiger partial charge is 0.354 e. The minimum absolute atomic E-state index is 0.0144. The van der Waals surface area contributed by atoms with E-state index in [0.29, 0.717) is 18.2 Å². The molecule has 1 fully saturated rings. The molecule has 0 heterocycles. The molecule has 0 radical (unpaired) electrons. The Labute approximate surface area is 155 Å². The molecule has 2 N–H and O–H groups in total. The minimum atomic E-state index is -0.0828. The molecule has 5 heteroatoms. The average Bonchev–Trinajstić information content (AvgIpc) is 3.09. The van der Waals surface area contributed by atoms with Gasteiger partial charge in [-0.15, -0.1) is 11.8 Å². The molecule has 1 aliphatic carbocycles. The highest BCUT2D eigenvalue weighted by Gasteiger charge is 2.20. The molecule has 2 rings (SSSR count). The normalized spacial score (nSPS) is 15.8. The second kappa shape index (κ2) is 9.85. The highest BCUT2D eigenvalue weighted by Crippen LogP contribution is 2.36. The predicted octanol–water partition coefficient (Wildman–Crippen LogP) is 4.06. The van der Waals surface area contributed by atoms with E-state index in [4.69, 9.17) is 0 Å². The number of thioether (sulfide) groups is 1. The average molecular weight is 363 g/mol. The smallest absolute Gasteiger partial charge is 0.252 e. The molecular weight excluding hydrogens is 332 g/mol. The molecule has 0 unspecified atom stereocenters. The fourth-order valence-corrected chi connectivity index (χ4v) is 4.30. The molecule has 0 bridgehead atoms. The molecule has 0 saturated heterocycles. The number of carbonyl (C=O) groups is 2. The molecule has 1 aromatic rings. The summed E-state index contributed by atoms with van der Waals surface area (Å²) in [6.45, 7) is 6.38. The number of carbonyl (C=O) groups excluding carboxylic acids is 2. The summed E-state index contributed by atoms with van der Waals surface area (Å²) < 4.78 is 0. The third-order valence-electron chi connectivity index (χ3n) is 4.63. The summed E-state index contributed by atoms with van der Waals surface area (Å²) in [7, 11) is 0. The van der Waals surface area contributed by atoms with E-state index in [0.717, 1.165) is 22.4 Å². The van der Waals surface area contributed by atoms with Crippen LogP contribution in [0.1, 0.15) is 68.3 Å². The van der Waals surface area contributed by atoms with Crippen LogP contribution >= 0.6 is 11.8 Å². The molecule has 0 aromatic heterocycles. The second-order valence-corrected chi connectivity index (χ2v) is 8.25. The molecule has 2 amide bonds. The van der Waals surface area contributed by atoms with Gasteiger partial charge >= 0.3 is 0 Å². The van der Waals surface area contributed by atoms with E-state index in [9.17, 15) is 9.59 Å². The van der Waals surface area contributed by atoms with Crippen molar-refractivity contribution in [1.82, 2.24) is 10.6 Å². The van der Waals surface area contributed by atoms with Gasteiger partial charge in [-0.1, -0.05) is 31.4 Å². The lowest BCUT2D eigenvalue weighted by atomic mass is 10.1. The van der Waals surface area contributed by atoms with Gasteiger partial charge in [-0.2, -0.15) is 0 Å². The molecule has 1 atom stereocenters. The van der Waals surface area contributed by atoms with Gasteiger partial charge < -0.3 is 10.6 Å². The third kappa shape index (κ3) is 6.38. The van der Waals surface area contributed by atoms with Crippen molar-refractivity contribution in [2.24, 2.45) is 0 Å². The SMILES string of the molecule is CC[C@H](C)NC(=O)CCNC(=O)c1cc(C)ccc1SC1CCCC1. The first-order chi connectivity index (χ1) is 12.0. The van der Waals surface area contributed by atoms with E-state index in [1.54, 1.807) is 0 Å². The van der Waals surface area contributed by atoms with E-state index in [1.807, 2.05) is 38.6 Å². The van der Waals surface area contributed by atoms with Crippen molar-refractivity contribution in [2.75, 3.05) is 6.54 Å². The maximum atomic E-state index is 12.6. The summed E-state index contributed by atoms with van der Waals surface area (Å²) >= 11 is 1.83. The van der Waals surface area contributed by atoms with E-state index in [2.05, 4.69) is 22.8 Å². The van der Waals surface area contributed by atoms with Crippen molar-refractivity contribution in [2.45, 2.75) is 75.5 Å². The summed E-state index contributed by atoms with van der Waals surface area (Å²) in [6.07, 6.45) is 6.26. The van der Waals surface area contributed by atoms with Crippen LogP contribution in [0.5, 0.6) is 0 Å². The summed E-state index contributed by atoms with van der Waals surface area (Å²) in [5.74, 6) is -0.0972. The Morgan fingerprint density at radius 3 is 2.68 bits per heavy atom. The second-order valence-electron chi connectivity index (χ2n) is 6.91.